The first-order valence-electron chi connectivity index (χ1n) is 9.01. The normalized spacial score (nSPS) is 16.7. The van der Waals surface area contributed by atoms with Crippen molar-refractivity contribution in [3.8, 4) is 11.6 Å². The summed E-state index contributed by atoms with van der Waals surface area (Å²) in [5, 5.41) is 13.8. The number of rotatable bonds is 3. The van der Waals surface area contributed by atoms with Gasteiger partial charge >= 0.3 is 5.69 Å². The maximum Gasteiger partial charge on any atom is 0.331 e. The molecule has 2 aromatic heterocycles. The monoisotopic (exact) mass is 371 g/mol. The number of nitrogens with zero attached hydrogens (tertiary/aromatic N) is 1. The van der Waals surface area contributed by atoms with Gasteiger partial charge in [0, 0.05) is 23.4 Å². The van der Waals surface area contributed by atoms with E-state index >= 15 is 0 Å². The van der Waals surface area contributed by atoms with Crippen molar-refractivity contribution >= 4 is 10.9 Å². The van der Waals surface area contributed by atoms with Crippen LogP contribution in [0.25, 0.3) is 10.9 Å². The Labute approximate surface area is 154 Å². The predicted octanol–water partition coefficient (Wildman–Crippen LogP) is 0.522. The van der Waals surface area contributed by atoms with Gasteiger partial charge < -0.3 is 20.1 Å². The van der Waals surface area contributed by atoms with Crippen molar-refractivity contribution in [2.75, 3.05) is 13.7 Å². The first-order chi connectivity index (χ1) is 12.9. The molecule has 0 radical (unpaired) electrons. The predicted molar refractivity (Wildman–Crippen MR) is 101 cm³/mol. The summed E-state index contributed by atoms with van der Waals surface area (Å²) in [6.07, 6.45) is 0.835. The fraction of sp³-hybridized carbons (Fsp3) is 0.368. The molecule has 8 nitrogen and oxygen atoms in total. The minimum Gasteiger partial charge on any atom is -0.497 e. The van der Waals surface area contributed by atoms with Crippen molar-refractivity contribution in [1.29, 1.82) is 0 Å². The molecule has 142 valence electrons. The summed E-state index contributed by atoms with van der Waals surface area (Å²) in [7, 11) is 1.63. The van der Waals surface area contributed by atoms with E-state index < -0.39 is 17.3 Å². The summed E-state index contributed by atoms with van der Waals surface area (Å²) in [4.78, 5) is 30.4. The molecule has 1 atom stereocenters. The molecule has 5 N–H and O–H groups in total. The summed E-state index contributed by atoms with van der Waals surface area (Å²) in [6.45, 7) is 4.34. The van der Waals surface area contributed by atoms with E-state index in [1.807, 2.05) is 23.5 Å². The number of quaternary nitrogens is 1. The molecule has 8 heteroatoms. The Morgan fingerprint density at radius 3 is 2.78 bits per heavy atom. The number of fused-ring (bicyclic) bond motifs is 3. The Morgan fingerprint density at radius 2 is 2.07 bits per heavy atom. The third-order valence-electron chi connectivity index (χ3n) is 5.23. The highest BCUT2D eigenvalue weighted by molar-refractivity contribution is 5.86. The van der Waals surface area contributed by atoms with Gasteiger partial charge in [-0.1, -0.05) is 0 Å². The lowest BCUT2D eigenvalue weighted by molar-refractivity contribution is -0.690. The van der Waals surface area contributed by atoms with Crippen LogP contribution in [0, 0.1) is 0 Å². The van der Waals surface area contributed by atoms with Crippen LogP contribution in [0.1, 0.15) is 42.8 Å². The van der Waals surface area contributed by atoms with E-state index in [-0.39, 0.29) is 17.5 Å². The number of nitrogens with one attached hydrogen (secondary N) is 2. The minimum atomic E-state index is -0.603. The molecular formula is C19H23N4O4+. The number of H-pyrrole nitrogens is 2. The summed E-state index contributed by atoms with van der Waals surface area (Å²) in [5.74, 6) is 0.494. The number of hydrogen-bond acceptors (Lipinski definition) is 4. The summed E-state index contributed by atoms with van der Waals surface area (Å²) >= 11 is 0. The lowest BCUT2D eigenvalue weighted by Crippen LogP contribution is -2.87. The van der Waals surface area contributed by atoms with E-state index in [2.05, 4.69) is 9.97 Å². The molecule has 0 fully saturated rings. The molecular weight excluding hydrogens is 348 g/mol. The Kier molecular flexibility index (Phi) is 4.07. The zero-order valence-electron chi connectivity index (χ0n) is 15.5. The maximum absolute atomic E-state index is 12.6. The molecule has 1 aromatic carbocycles. The molecule has 27 heavy (non-hydrogen) atoms. The smallest absolute Gasteiger partial charge is 0.331 e. The summed E-state index contributed by atoms with van der Waals surface area (Å²) in [6, 6.07) is 5.12. The standard InChI is InChI=1S/C19H22N4O4/c1-9(2)23-18(25)14(17(24)22-19(23)26)16-15-11(6-7-20-16)12-8-10(27-3)4-5-13(12)21-15/h4-5,8-9,16,20-21,25H,6-7H2,1-3H3,(H,22,24,26)/p+1/t16-/m1/s1. The number of nitrogens with two attached hydrogens (primary N) is 1. The van der Waals surface area contributed by atoms with Gasteiger partial charge in [-0.15, -0.1) is 0 Å². The maximum atomic E-state index is 12.6. The second kappa shape index (κ2) is 6.31. The van der Waals surface area contributed by atoms with Gasteiger partial charge in [0.05, 0.1) is 19.3 Å². The molecule has 0 unspecified atom stereocenters. The third-order valence-corrected chi connectivity index (χ3v) is 5.23. The quantitative estimate of drug-likeness (QED) is 0.537. The molecule has 0 amide bonds. The van der Waals surface area contributed by atoms with Crippen LogP contribution < -0.4 is 21.3 Å². The Bertz CT molecular complexity index is 1140. The van der Waals surface area contributed by atoms with Crippen molar-refractivity contribution in [3.05, 3.63) is 55.9 Å². The van der Waals surface area contributed by atoms with Gasteiger partial charge in [0.15, 0.2) is 6.04 Å². The highest BCUT2D eigenvalue weighted by Crippen LogP contribution is 2.34. The lowest BCUT2D eigenvalue weighted by atomic mass is 9.95. The highest BCUT2D eigenvalue weighted by Gasteiger charge is 2.34. The molecule has 0 aliphatic carbocycles. The average molecular weight is 371 g/mol. The van der Waals surface area contributed by atoms with E-state index in [1.165, 1.54) is 4.57 Å². The van der Waals surface area contributed by atoms with Gasteiger partial charge in [0.2, 0.25) is 5.88 Å². The molecule has 0 bridgehead atoms. The van der Waals surface area contributed by atoms with Gasteiger partial charge in [0.1, 0.15) is 11.3 Å². The lowest BCUT2D eigenvalue weighted by Gasteiger charge is -2.23. The third kappa shape index (κ3) is 2.64. The second-order valence-electron chi connectivity index (χ2n) is 7.14. The van der Waals surface area contributed by atoms with E-state index in [0.29, 0.717) is 0 Å². The Morgan fingerprint density at radius 1 is 1.30 bits per heavy atom. The van der Waals surface area contributed by atoms with Crippen LogP contribution in [0.4, 0.5) is 0 Å². The first kappa shape index (κ1) is 17.4. The van der Waals surface area contributed by atoms with Crippen LogP contribution in [-0.4, -0.2) is 33.3 Å². The van der Waals surface area contributed by atoms with Crippen LogP contribution in [0.3, 0.4) is 0 Å². The van der Waals surface area contributed by atoms with E-state index in [0.717, 1.165) is 40.9 Å². The van der Waals surface area contributed by atoms with Gasteiger partial charge in [-0.25, -0.2) is 4.79 Å². The number of methoxy groups -OCH3 is 1. The number of ether oxygens (including phenoxy) is 1. The molecule has 1 aliphatic heterocycles. The Hall–Kier alpha value is -3.00. The summed E-state index contributed by atoms with van der Waals surface area (Å²) in [5.41, 5.74) is 1.97. The topological polar surface area (TPSA) is 117 Å². The van der Waals surface area contributed by atoms with Crippen LogP contribution in [-0.2, 0) is 6.42 Å². The van der Waals surface area contributed by atoms with Gasteiger partial charge in [-0.05, 0) is 37.6 Å². The molecule has 3 aromatic rings. The molecule has 4 rings (SSSR count). The number of hydrogen-bond donors (Lipinski definition) is 4. The number of aromatic amines is 2. The molecule has 0 saturated carbocycles. The fourth-order valence-corrected chi connectivity index (χ4v) is 4.00. The van der Waals surface area contributed by atoms with Gasteiger partial charge in [-0.2, -0.15) is 0 Å². The molecule has 0 saturated heterocycles. The zero-order valence-corrected chi connectivity index (χ0v) is 15.5. The SMILES string of the molecule is COc1ccc2[nH]c3c(c2c1)CC[NH2+][C@@H]3c1c(O)n(C(C)C)c(=O)[nH]c1=O. The number of benzene rings is 1. The summed E-state index contributed by atoms with van der Waals surface area (Å²) < 4.78 is 6.55. The molecule has 1 aliphatic rings. The first-order valence-corrected chi connectivity index (χ1v) is 9.01. The Balaban J connectivity index is 1.95. The van der Waals surface area contributed by atoms with E-state index in [1.54, 1.807) is 21.0 Å². The second-order valence-corrected chi connectivity index (χ2v) is 7.14. The minimum absolute atomic E-state index is 0.197. The van der Waals surface area contributed by atoms with Crippen molar-refractivity contribution in [1.82, 2.24) is 14.5 Å². The van der Waals surface area contributed by atoms with Gasteiger partial charge in [0.25, 0.3) is 5.56 Å². The van der Waals surface area contributed by atoms with Crippen molar-refractivity contribution in [3.63, 3.8) is 0 Å². The van der Waals surface area contributed by atoms with E-state index in [9.17, 15) is 14.7 Å². The molecule has 0 spiro atoms. The van der Waals surface area contributed by atoms with Crippen molar-refractivity contribution in [2.24, 2.45) is 0 Å². The zero-order chi connectivity index (χ0) is 19.3. The van der Waals surface area contributed by atoms with Crippen LogP contribution in [0.15, 0.2) is 27.8 Å². The van der Waals surface area contributed by atoms with Gasteiger partial charge in [-0.3, -0.25) is 14.3 Å². The van der Waals surface area contributed by atoms with Crippen LogP contribution >= 0.6 is 0 Å². The number of aromatic hydroxyl groups is 1. The molecule has 3 heterocycles. The van der Waals surface area contributed by atoms with Crippen LogP contribution in [0.5, 0.6) is 11.6 Å². The van der Waals surface area contributed by atoms with E-state index in [4.69, 9.17) is 4.74 Å². The van der Waals surface area contributed by atoms with Crippen LogP contribution in [0.2, 0.25) is 0 Å². The highest BCUT2D eigenvalue weighted by atomic mass is 16.5. The fourth-order valence-electron chi connectivity index (χ4n) is 4.00. The van der Waals surface area contributed by atoms with Crippen molar-refractivity contribution in [2.45, 2.75) is 32.4 Å². The largest absolute Gasteiger partial charge is 0.497 e. The van der Waals surface area contributed by atoms with Crippen molar-refractivity contribution < 1.29 is 15.2 Å². The number of aromatic nitrogens is 3. The average Bonchev–Trinajstić information content (AvgIpc) is 2.99.